The second-order valence-corrected chi connectivity index (χ2v) is 7.70. The molecular formula is C21H22N6O. The van der Waals surface area contributed by atoms with E-state index in [1.165, 1.54) is 17.6 Å². The minimum atomic E-state index is -0.0214. The van der Waals surface area contributed by atoms with E-state index in [1.54, 1.807) is 22.9 Å². The first-order valence-corrected chi connectivity index (χ1v) is 9.76. The van der Waals surface area contributed by atoms with Crippen LogP contribution in [-0.2, 0) is 19.4 Å². The van der Waals surface area contributed by atoms with Gasteiger partial charge in [0.1, 0.15) is 6.33 Å². The largest absolute Gasteiger partial charge is 0.339 e. The summed E-state index contributed by atoms with van der Waals surface area (Å²) in [6.07, 6.45) is 7.98. The molecule has 3 aromatic rings. The normalized spacial score (nSPS) is 20.7. The molecule has 0 saturated heterocycles. The standard InChI is InChI=1S/C21H22N6O/c1-14-5-8-26-20(28)11-19(17-4-7-22-13-24-17)25-21(26)27(14)12-15-9-16-3-2-6-23-18(16)10-15/h2-4,6-7,11,13-15H,5,8-10,12H2,1H3/t14?,15-/m0/s1. The third-order valence-electron chi connectivity index (χ3n) is 5.82. The van der Waals surface area contributed by atoms with Crippen LogP contribution in [0.5, 0.6) is 0 Å². The molecule has 0 spiro atoms. The van der Waals surface area contributed by atoms with Gasteiger partial charge in [-0.3, -0.25) is 14.3 Å². The number of fused-ring (bicyclic) bond motifs is 2. The lowest BCUT2D eigenvalue weighted by Gasteiger charge is -2.38. The molecule has 1 unspecified atom stereocenters. The first-order valence-electron chi connectivity index (χ1n) is 9.76. The van der Waals surface area contributed by atoms with Gasteiger partial charge in [-0.05, 0) is 49.8 Å². The third kappa shape index (κ3) is 2.96. The average molecular weight is 374 g/mol. The van der Waals surface area contributed by atoms with Crippen LogP contribution in [0.1, 0.15) is 24.6 Å². The molecule has 0 amide bonds. The monoisotopic (exact) mass is 374 g/mol. The summed E-state index contributed by atoms with van der Waals surface area (Å²) in [5.41, 5.74) is 3.81. The fraction of sp³-hybridized carbons (Fsp3) is 0.381. The van der Waals surface area contributed by atoms with Crippen LogP contribution < -0.4 is 10.5 Å². The Morgan fingerprint density at radius 2 is 2.07 bits per heavy atom. The van der Waals surface area contributed by atoms with Crippen molar-refractivity contribution < 1.29 is 0 Å². The number of aromatic nitrogens is 5. The Labute approximate surface area is 163 Å². The maximum Gasteiger partial charge on any atom is 0.255 e. The topological polar surface area (TPSA) is 76.8 Å². The molecule has 28 heavy (non-hydrogen) atoms. The van der Waals surface area contributed by atoms with E-state index in [9.17, 15) is 4.79 Å². The van der Waals surface area contributed by atoms with Gasteiger partial charge in [-0.25, -0.2) is 15.0 Å². The molecule has 4 heterocycles. The minimum Gasteiger partial charge on any atom is -0.339 e. The van der Waals surface area contributed by atoms with Gasteiger partial charge in [0.25, 0.3) is 5.56 Å². The maximum absolute atomic E-state index is 12.8. The van der Waals surface area contributed by atoms with Crippen molar-refractivity contribution in [3.05, 3.63) is 64.6 Å². The van der Waals surface area contributed by atoms with E-state index in [1.807, 2.05) is 12.3 Å². The van der Waals surface area contributed by atoms with Crippen molar-refractivity contribution in [1.29, 1.82) is 0 Å². The first-order chi connectivity index (χ1) is 13.7. The van der Waals surface area contributed by atoms with Crippen molar-refractivity contribution in [3.8, 4) is 11.4 Å². The van der Waals surface area contributed by atoms with E-state index in [0.29, 0.717) is 29.9 Å². The SMILES string of the molecule is CC1CCn2c(nc(-c3ccncn3)cc2=O)N1C[C@H]1Cc2cccnc2C1. The second-order valence-electron chi connectivity index (χ2n) is 7.70. The molecule has 1 aliphatic heterocycles. The van der Waals surface area contributed by atoms with Gasteiger partial charge in [0.15, 0.2) is 0 Å². The molecule has 0 fully saturated rings. The van der Waals surface area contributed by atoms with Crippen LogP contribution in [0.2, 0.25) is 0 Å². The number of pyridine rings is 1. The van der Waals surface area contributed by atoms with Gasteiger partial charge in [0.05, 0.1) is 11.4 Å². The molecular weight excluding hydrogens is 352 g/mol. The van der Waals surface area contributed by atoms with Crippen LogP contribution in [0.25, 0.3) is 11.4 Å². The Morgan fingerprint density at radius 3 is 2.89 bits per heavy atom. The van der Waals surface area contributed by atoms with Crippen molar-refractivity contribution in [2.45, 2.75) is 38.8 Å². The molecule has 0 bridgehead atoms. The molecule has 142 valence electrons. The number of hydrogen-bond donors (Lipinski definition) is 0. The number of hydrogen-bond acceptors (Lipinski definition) is 6. The molecule has 7 heteroatoms. The van der Waals surface area contributed by atoms with Crippen LogP contribution in [0.15, 0.2) is 47.8 Å². The van der Waals surface area contributed by atoms with Crippen molar-refractivity contribution in [1.82, 2.24) is 24.5 Å². The number of rotatable bonds is 3. The molecule has 1 aliphatic carbocycles. The van der Waals surface area contributed by atoms with Crippen LogP contribution in [0.4, 0.5) is 5.95 Å². The van der Waals surface area contributed by atoms with Gasteiger partial charge < -0.3 is 4.90 Å². The summed E-state index contributed by atoms with van der Waals surface area (Å²) in [6.45, 7) is 3.79. The summed E-state index contributed by atoms with van der Waals surface area (Å²) < 4.78 is 1.80. The highest BCUT2D eigenvalue weighted by Gasteiger charge is 2.31. The van der Waals surface area contributed by atoms with E-state index in [2.05, 4.69) is 32.8 Å². The predicted octanol–water partition coefficient (Wildman–Crippen LogP) is 2.11. The van der Waals surface area contributed by atoms with Crippen molar-refractivity contribution in [3.63, 3.8) is 0 Å². The Hall–Kier alpha value is -3.09. The van der Waals surface area contributed by atoms with Crippen LogP contribution in [0.3, 0.4) is 0 Å². The van der Waals surface area contributed by atoms with E-state index in [-0.39, 0.29) is 5.56 Å². The average Bonchev–Trinajstić information content (AvgIpc) is 3.13. The maximum atomic E-state index is 12.8. The van der Waals surface area contributed by atoms with Gasteiger partial charge in [0, 0.05) is 43.3 Å². The lowest BCUT2D eigenvalue weighted by Crippen LogP contribution is -2.46. The Kier molecular flexibility index (Phi) is 4.15. The van der Waals surface area contributed by atoms with Crippen LogP contribution in [0, 0.1) is 5.92 Å². The zero-order valence-electron chi connectivity index (χ0n) is 15.8. The van der Waals surface area contributed by atoms with E-state index >= 15 is 0 Å². The van der Waals surface area contributed by atoms with Gasteiger partial charge in [-0.15, -0.1) is 0 Å². The van der Waals surface area contributed by atoms with E-state index < -0.39 is 0 Å². The second kappa shape index (κ2) is 6.82. The molecule has 7 nitrogen and oxygen atoms in total. The highest BCUT2D eigenvalue weighted by molar-refractivity contribution is 5.55. The summed E-state index contributed by atoms with van der Waals surface area (Å²) in [4.78, 5) is 32.7. The minimum absolute atomic E-state index is 0.0214. The fourth-order valence-electron chi connectivity index (χ4n) is 4.33. The molecule has 0 radical (unpaired) electrons. The van der Waals surface area contributed by atoms with Gasteiger partial charge in [-0.1, -0.05) is 6.07 Å². The Balaban J connectivity index is 1.49. The number of anilines is 1. The molecule has 0 aromatic carbocycles. The molecule has 5 rings (SSSR count). The summed E-state index contributed by atoms with van der Waals surface area (Å²) in [6, 6.07) is 7.88. The van der Waals surface area contributed by atoms with Crippen molar-refractivity contribution >= 4 is 5.95 Å². The predicted molar refractivity (Wildman–Crippen MR) is 106 cm³/mol. The van der Waals surface area contributed by atoms with Crippen molar-refractivity contribution in [2.24, 2.45) is 5.92 Å². The van der Waals surface area contributed by atoms with Gasteiger partial charge in [0.2, 0.25) is 5.95 Å². The summed E-state index contributed by atoms with van der Waals surface area (Å²) in [7, 11) is 0. The summed E-state index contributed by atoms with van der Waals surface area (Å²) >= 11 is 0. The molecule has 3 aromatic heterocycles. The highest BCUT2D eigenvalue weighted by Crippen LogP contribution is 2.30. The van der Waals surface area contributed by atoms with E-state index in [0.717, 1.165) is 31.8 Å². The number of nitrogens with zero attached hydrogens (tertiary/aromatic N) is 6. The Morgan fingerprint density at radius 1 is 1.14 bits per heavy atom. The molecule has 2 atom stereocenters. The van der Waals surface area contributed by atoms with Crippen LogP contribution >= 0.6 is 0 Å². The quantitative estimate of drug-likeness (QED) is 0.699. The lowest BCUT2D eigenvalue weighted by molar-refractivity contribution is 0.419. The van der Waals surface area contributed by atoms with Gasteiger partial charge >= 0.3 is 0 Å². The fourth-order valence-corrected chi connectivity index (χ4v) is 4.33. The molecule has 2 aliphatic rings. The lowest BCUT2D eigenvalue weighted by atomic mass is 10.0. The molecule has 0 N–H and O–H groups in total. The summed E-state index contributed by atoms with van der Waals surface area (Å²) in [5, 5.41) is 0. The smallest absolute Gasteiger partial charge is 0.255 e. The Bertz CT molecular complexity index is 1040. The zero-order valence-corrected chi connectivity index (χ0v) is 15.8. The first kappa shape index (κ1) is 17.0. The highest BCUT2D eigenvalue weighted by atomic mass is 16.1. The third-order valence-corrected chi connectivity index (χ3v) is 5.82. The van der Waals surface area contributed by atoms with Crippen LogP contribution in [-0.4, -0.2) is 37.1 Å². The van der Waals surface area contributed by atoms with Crippen molar-refractivity contribution in [2.75, 3.05) is 11.4 Å². The summed E-state index contributed by atoms with van der Waals surface area (Å²) in [5.74, 6) is 1.24. The zero-order chi connectivity index (χ0) is 19.1. The molecule has 0 saturated carbocycles. The van der Waals surface area contributed by atoms with Gasteiger partial charge in [-0.2, -0.15) is 0 Å². The van der Waals surface area contributed by atoms with E-state index in [4.69, 9.17) is 4.98 Å².